The first-order chi connectivity index (χ1) is 11.2. The van der Waals surface area contributed by atoms with E-state index in [0.29, 0.717) is 18.7 Å². The van der Waals surface area contributed by atoms with Crippen LogP contribution in [-0.2, 0) is 13.5 Å². The van der Waals surface area contributed by atoms with Crippen molar-refractivity contribution in [3.05, 3.63) is 66.2 Å². The molecule has 0 radical (unpaired) electrons. The van der Waals surface area contributed by atoms with Gasteiger partial charge in [0.1, 0.15) is 5.75 Å². The summed E-state index contributed by atoms with van der Waals surface area (Å²) >= 11 is 0. The summed E-state index contributed by atoms with van der Waals surface area (Å²) in [5.41, 5.74) is 1.05. The number of aryl methyl sites for hydroxylation is 1. The van der Waals surface area contributed by atoms with Crippen LogP contribution in [0.25, 0.3) is 0 Å². The van der Waals surface area contributed by atoms with E-state index in [1.54, 1.807) is 23.0 Å². The highest BCUT2D eigenvalue weighted by molar-refractivity contribution is 5.91. The van der Waals surface area contributed by atoms with Crippen molar-refractivity contribution in [2.45, 2.75) is 6.42 Å². The van der Waals surface area contributed by atoms with Crippen molar-refractivity contribution in [3.63, 3.8) is 0 Å². The van der Waals surface area contributed by atoms with Crippen LogP contribution in [0.3, 0.4) is 0 Å². The number of ether oxygens (including phenoxy) is 1. The molecule has 0 saturated carbocycles. The van der Waals surface area contributed by atoms with E-state index >= 15 is 0 Å². The summed E-state index contributed by atoms with van der Waals surface area (Å²) in [6.45, 7) is 0.508. The Labute approximate surface area is 133 Å². The molecule has 0 spiro atoms. The highest BCUT2D eigenvalue weighted by Gasteiger charge is 2.12. The van der Waals surface area contributed by atoms with Crippen molar-refractivity contribution in [2.75, 3.05) is 6.54 Å². The number of para-hydroxylation sites is 1. The molecule has 118 valence electrons. The lowest BCUT2D eigenvalue weighted by atomic mass is 10.3. The topological polar surface area (TPSA) is 69.3 Å². The lowest BCUT2D eigenvalue weighted by Gasteiger charge is -2.04. The van der Waals surface area contributed by atoms with E-state index in [4.69, 9.17) is 9.15 Å². The second kappa shape index (κ2) is 6.83. The number of nitrogens with zero attached hydrogens (tertiary/aromatic N) is 2. The first kappa shape index (κ1) is 14.9. The fraction of sp³-hybridized carbons (Fsp3) is 0.176. The molecule has 0 saturated heterocycles. The number of hydrogen-bond acceptors (Lipinski definition) is 4. The van der Waals surface area contributed by atoms with Crippen molar-refractivity contribution < 1.29 is 13.9 Å². The lowest BCUT2D eigenvalue weighted by molar-refractivity contribution is 0.0921. The molecule has 0 atom stereocenters. The normalized spacial score (nSPS) is 10.5. The van der Waals surface area contributed by atoms with Crippen LogP contribution in [0, 0.1) is 0 Å². The Morgan fingerprint density at radius 2 is 2.04 bits per heavy atom. The zero-order chi connectivity index (χ0) is 16.1. The summed E-state index contributed by atoms with van der Waals surface area (Å²) in [5.74, 6) is 0.897. The zero-order valence-corrected chi connectivity index (χ0v) is 12.7. The Hall–Kier alpha value is -3.02. The molecular weight excluding hydrogens is 294 g/mol. The van der Waals surface area contributed by atoms with Gasteiger partial charge in [0.2, 0.25) is 0 Å². The van der Waals surface area contributed by atoms with Gasteiger partial charge in [0.25, 0.3) is 11.9 Å². The van der Waals surface area contributed by atoms with Crippen LogP contribution >= 0.6 is 0 Å². The minimum Gasteiger partial charge on any atom is -0.426 e. The summed E-state index contributed by atoms with van der Waals surface area (Å²) in [5, 5.41) is 6.90. The predicted octanol–water partition coefficient (Wildman–Crippen LogP) is 2.78. The van der Waals surface area contributed by atoms with Gasteiger partial charge in [-0.15, -0.1) is 0 Å². The Kier molecular flexibility index (Phi) is 4.42. The third kappa shape index (κ3) is 3.79. The summed E-state index contributed by atoms with van der Waals surface area (Å²) in [6.07, 6.45) is 2.44. The second-order valence-corrected chi connectivity index (χ2v) is 4.99. The maximum Gasteiger partial charge on any atom is 0.290 e. The molecule has 2 aromatic heterocycles. The van der Waals surface area contributed by atoms with Crippen LogP contribution in [0.4, 0.5) is 0 Å². The molecule has 23 heavy (non-hydrogen) atoms. The minimum absolute atomic E-state index is 0.223. The molecule has 1 N–H and O–H groups in total. The molecule has 6 heteroatoms. The molecule has 0 bridgehead atoms. The Morgan fingerprint density at radius 3 is 2.78 bits per heavy atom. The average Bonchev–Trinajstić information content (AvgIpc) is 3.18. The highest BCUT2D eigenvalue weighted by atomic mass is 16.6. The van der Waals surface area contributed by atoms with Crippen LogP contribution in [0.2, 0.25) is 0 Å². The number of hydrogen-bond donors (Lipinski definition) is 1. The molecule has 0 aliphatic rings. The smallest absolute Gasteiger partial charge is 0.290 e. The molecular formula is C17H17N3O3. The average molecular weight is 311 g/mol. The van der Waals surface area contributed by atoms with Crippen molar-refractivity contribution in [2.24, 2.45) is 7.05 Å². The highest BCUT2D eigenvalue weighted by Crippen LogP contribution is 2.23. The number of aromatic nitrogens is 2. The minimum atomic E-state index is -0.268. The monoisotopic (exact) mass is 311 g/mol. The Morgan fingerprint density at radius 1 is 1.22 bits per heavy atom. The fourth-order valence-corrected chi connectivity index (χ4v) is 2.14. The molecule has 1 aromatic carbocycles. The van der Waals surface area contributed by atoms with Gasteiger partial charge in [0.15, 0.2) is 5.76 Å². The van der Waals surface area contributed by atoms with Crippen LogP contribution in [0.5, 0.6) is 11.7 Å². The van der Waals surface area contributed by atoms with E-state index in [1.807, 2.05) is 43.4 Å². The molecule has 0 unspecified atom stereocenters. The fourth-order valence-electron chi connectivity index (χ4n) is 2.14. The summed E-state index contributed by atoms with van der Waals surface area (Å²) in [7, 11) is 1.87. The standard InChI is InChI=1S/C17H17N3O3/c1-20-13(10-12-19-20)9-11-18-17(21)15-7-8-16(23-15)22-14-5-3-2-4-6-14/h2-8,10,12H,9,11H2,1H3,(H,18,21). The molecule has 3 rings (SSSR count). The van der Waals surface area contributed by atoms with Gasteiger partial charge in [-0.25, -0.2) is 0 Å². The van der Waals surface area contributed by atoms with E-state index in [9.17, 15) is 4.79 Å². The largest absolute Gasteiger partial charge is 0.426 e. The number of nitrogens with one attached hydrogen (secondary N) is 1. The van der Waals surface area contributed by atoms with Gasteiger partial charge in [0, 0.05) is 38.0 Å². The van der Waals surface area contributed by atoms with Crippen molar-refractivity contribution in [3.8, 4) is 11.7 Å². The number of amides is 1. The van der Waals surface area contributed by atoms with E-state index in [-0.39, 0.29) is 17.6 Å². The number of benzene rings is 1. The van der Waals surface area contributed by atoms with Gasteiger partial charge in [0.05, 0.1) is 0 Å². The number of rotatable bonds is 6. The van der Waals surface area contributed by atoms with E-state index in [2.05, 4.69) is 10.4 Å². The maximum atomic E-state index is 12.0. The number of carbonyl (C=O) groups excluding carboxylic acids is 1. The van der Waals surface area contributed by atoms with E-state index < -0.39 is 0 Å². The van der Waals surface area contributed by atoms with Crippen molar-refractivity contribution >= 4 is 5.91 Å². The lowest BCUT2D eigenvalue weighted by Crippen LogP contribution is -2.25. The molecule has 6 nitrogen and oxygen atoms in total. The number of furan rings is 1. The SMILES string of the molecule is Cn1nccc1CCNC(=O)c1ccc(Oc2ccccc2)o1. The summed E-state index contributed by atoms with van der Waals surface area (Å²) < 4.78 is 12.7. The third-order valence-corrected chi connectivity index (χ3v) is 3.36. The molecule has 0 fully saturated rings. The van der Waals surface area contributed by atoms with Gasteiger partial charge in [-0.3, -0.25) is 9.48 Å². The van der Waals surface area contributed by atoms with Gasteiger partial charge in [-0.1, -0.05) is 18.2 Å². The van der Waals surface area contributed by atoms with Crippen LogP contribution < -0.4 is 10.1 Å². The summed E-state index contributed by atoms with van der Waals surface area (Å²) in [4.78, 5) is 12.0. The van der Waals surface area contributed by atoms with E-state index in [1.165, 1.54) is 0 Å². The van der Waals surface area contributed by atoms with Crippen LogP contribution in [0.1, 0.15) is 16.2 Å². The van der Waals surface area contributed by atoms with Crippen molar-refractivity contribution in [1.29, 1.82) is 0 Å². The third-order valence-electron chi connectivity index (χ3n) is 3.36. The first-order valence-electron chi connectivity index (χ1n) is 7.30. The summed E-state index contributed by atoms with van der Waals surface area (Å²) in [6, 6.07) is 14.4. The Balaban J connectivity index is 1.53. The quantitative estimate of drug-likeness (QED) is 0.760. The first-order valence-corrected chi connectivity index (χ1v) is 7.30. The van der Waals surface area contributed by atoms with Gasteiger partial charge >= 0.3 is 0 Å². The van der Waals surface area contributed by atoms with Gasteiger partial charge in [-0.05, 0) is 24.3 Å². The van der Waals surface area contributed by atoms with Gasteiger partial charge in [-0.2, -0.15) is 5.10 Å². The van der Waals surface area contributed by atoms with Crippen LogP contribution in [0.15, 0.2) is 59.1 Å². The van der Waals surface area contributed by atoms with Crippen molar-refractivity contribution in [1.82, 2.24) is 15.1 Å². The Bertz CT molecular complexity index is 777. The molecule has 3 aromatic rings. The van der Waals surface area contributed by atoms with Gasteiger partial charge < -0.3 is 14.5 Å². The molecule has 2 heterocycles. The molecule has 0 aliphatic heterocycles. The predicted molar refractivity (Wildman–Crippen MR) is 84.5 cm³/mol. The molecule has 1 amide bonds. The second-order valence-electron chi connectivity index (χ2n) is 4.99. The van der Waals surface area contributed by atoms with Crippen LogP contribution in [-0.4, -0.2) is 22.2 Å². The molecule has 0 aliphatic carbocycles. The maximum absolute atomic E-state index is 12.0. The van der Waals surface area contributed by atoms with E-state index in [0.717, 1.165) is 5.69 Å². The zero-order valence-electron chi connectivity index (χ0n) is 12.7. The number of carbonyl (C=O) groups is 1.